The van der Waals surface area contributed by atoms with Crippen LogP contribution in [0.1, 0.15) is 29.8 Å². The summed E-state index contributed by atoms with van der Waals surface area (Å²) in [6.45, 7) is 4.52. The molecule has 3 rings (SSSR count). The molecule has 0 unspecified atom stereocenters. The molecule has 1 aromatic heterocycles. The van der Waals surface area contributed by atoms with Gasteiger partial charge in [-0.2, -0.15) is 0 Å². The highest BCUT2D eigenvalue weighted by Crippen LogP contribution is 2.32. The molecule has 1 heterocycles. The molecule has 0 fully saturated rings. The van der Waals surface area contributed by atoms with Gasteiger partial charge in [0.05, 0.1) is 5.39 Å². The van der Waals surface area contributed by atoms with Gasteiger partial charge in [-0.15, -0.1) is 0 Å². The van der Waals surface area contributed by atoms with Crippen LogP contribution >= 0.6 is 12.2 Å². The van der Waals surface area contributed by atoms with Gasteiger partial charge in [-0.3, -0.25) is 9.59 Å². The second-order valence-electron chi connectivity index (χ2n) is 5.63. The minimum absolute atomic E-state index is 0.195. The third kappa shape index (κ3) is 3.34. The fourth-order valence-electron chi connectivity index (χ4n) is 2.55. The van der Waals surface area contributed by atoms with Crippen LogP contribution in [0, 0.1) is 11.6 Å². The molecule has 0 aliphatic carbocycles. The number of ketones is 1. The first-order valence-electron chi connectivity index (χ1n) is 7.61. The van der Waals surface area contributed by atoms with Crippen LogP contribution in [0.25, 0.3) is 22.4 Å². The van der Waals surface area contributed by atoms with Crippen molar-refractivity contribution in [3.63, 3.8) is 0 Å². The summed E-state index contributed by atoms with van der Waals surface area (Å²) in [5, 5.41) is 0.735. The molecule has 126 valence electrons. The van der Waals surface area contributed by atoms with E-state index in [-0.39, 0.29) is 11.7 Å². The SMILES string of the molecule is CC(=O)Oc1cc(C(C)=O)c(-c2nc(=S)c3ccccc3o2)cc1C. The van der Waals surface area contributed by atoms with E-state index in [4.69, 9.17) is 21.4 Å². The van der Waals surface area contributed by atoms with Crippen molar-refractivity contribution < 1.29 is 18.7 Å². The normalized spacial score (nSPS) is 10.7. The van der Waals surface area contributed by atoms with Crippen LogP contribution in [-0.4, -0.2) is 16.7 Å². The zero-order valence-corrected chi connectivity index (χ0v) is 14.8. The predicted molar refractivity (Wildman–Crippen MR) is 96.3 cm³/mol. The first-order chi connectivity index (χ1) is 11.9. The zero-order chi connectivity index (χ0) is 18.1. The fraction of sp³-hybridized carbons (Fsp3) is 0.158. The van der Waals surface area contributed by atoms with Crippen LogP contribution in [0.15, 0.2) is 40.8 Å². The summed E-state index contributed by atoms with van der Waals surface area (Å²) in [4.78, 5) is 27.7. The number of fused-ring (bicyclic) bond motifs is 1. The Balaban J connectivity index is 2.26. The van der Waals surface area contributed by atoms with Crippen LogP contribution < -0.4 is 4.74 Å². The minimum Gasteiger partial charge on any atom is -0.438 e. The van der Waals surface area contributed by atoms with Crippen molar-refractivity contribution in [2.75, 3.05) is 0 Å². The maximum atomic E-state index is 12.1. The highest BCUT2D eigenvalue weighted by Gasteiger charge is 2.18. The van der Waals surface area contributed by atoms with Crippen LogP contribution in [0.5, 0.6) is 5.75 Å². The molecule has 0 amide bonds. The molecule has 0 aliphatic heterocycles. The molecule has 0 saturated carbocycles. The molecule has 0 radical (unpaired) electrons. The molecule has 6 heteroatoms. The van der Waals surface area contributed by atoms with Crippen molar-refractivity contribution in [1.29, 1.82) is 0 Å². The molecular weight excluding hydrogens is 338 g/mol. The fourth-order valence-corrected chi connectivity index (χ4v) is 2.80. The summed E-state index contributed by atoms with van der Waals surface area (Å²) in [5.41, 5.74) is 2.14. The lowest BCUT2D eigenvalue weighted by atomic mass is 10.0. The van der Waals surface area contributed by atoms with Crippen molar-refractivity contribution in [1.82, 2.24) is 4.98 Å². The zero-order valence-electron chi connectivity index (χ0n) is 14.0. The molecular formula is C19H15NO4S. The molecule has 2 aromatic carbocycles. The third-order valence-corrected chi connectivity index (χ3v) is 4.02. The molecule has 25 heavy (non-hydrogen) atoms. The van der Waals surface area contributed by atoms with Crippen LogP contribution in [0.2, 0.25) is 0 Å². The van der Waals surface area contributed by atoms with E-state index in [9.17, 15) is 9.59 Å². The van der Waals surface area contributed by atoms with E-state index in [1.165, 1.54) is 19.9 Å². The van der Waals surface area contributed by atoms with E-state index in [2.05, 4.69) is 4.98 Å². The topological polar surface area (TPSA) is 69.4 Å². The second kappa shape index (κ2) is 6.57. The molecule has 3 aromatic rings. The molecule has 0 saturated heterocycles. The Bertz CT molecular complexity index is 1070. The molecule has 5 nitrogen and oxygen atoms in total. The number of nitrogens with zero attached hydrogens (tertiary/aromatic N) is 1. The lowest BCUT2D eigenvalue weighted by Gasteiger charge is -2.12. The number of aromatic nitrogens is 1. The smallest absolute Gasteiger partial charge is 0.308 e. The molecule has 0 bridgehead atoms. The Morgan fingerprint density at radius 1 is 1.16 bits per heavy atom. The highest BCUT2D eigenvalue weighted by molar-refractivity contribution is 7.71. The number of aryl methyl sites for hydroxylation is 1. The highest BCUT2D eigenvalue weighted by atomic mass is 32.1. The summed E-state index contributed by atoms with van der Waals surface area (Å²) in [6.07, 6.45) is 0. The van der Waals surface area contributed by atoms with Crippen molar-refractivity contribution >= 4 is 34.9 Å². The molecule has 0 aliphatic rings. The van der Waals surface area contributed by atoms with Crippen LogP contribution in [0.4, 0.5) is 0 Å². The number of para-hydroxylation sites is 1. The van der Waals surface area contributed by atoms with E-state index in [1.54, 1.807) is 19.1 Å². The maximum Gasteiger partial charge on any atom is 0.308 e. The summed E-state index contributed by atoms with van der Waals surface area (Å²) in [5.74, 6) is -0.0570. The van der Waals surface area contributed by atoms with Gasteiger partial charge in [0.1, 0.15) is 16.0 Å². The monoisotopic (exact) mass is 353 g/mol. The Morgan fingerprint density at radius 2 is 1.88 bits per heavy atom. The standard InChI is InChI=1S/C19H15NO4S/c1-10-8-15(14(11(2)21)9-17(10)23-12(3)22)18-20-19(25)13-6-4-5-7-16(13)24-18/h4-9H,1-3H3. The number of rotatable bonds is 3. The number of esters is 1. The summed E-state index contributed by atoms with van der Waals surface area (Å²) < 4.78 is 11.4. The third-order valence-electron chi connectivity index (χ3n) is 3.71. The number of hydrogen-bond donors (Lipinski definition) is 0. The van der Waals surface area contributed by atoms with Gasteiger partial charge in [0, 0.05) is 18.1 Å². The molecule has 0 atom stereocenters. The number of hydrogen-bond acceptors (Lipinski definition) is 6. The number of carbonyl (C=O) groups is 2. The Hall–Kier alpha value is -2.86. The van der Waals surface area contributed by atoms with Crippen molar-refractivity contribution in [2.24, 2.45) is 0 Å². The summed E-state index contributed by atoms with van der Waals surface area (Å²) in [6, 6.07) is 10.6. The van der Waals surface area contributed by atoms with Crippen molar-refractivity contribution in [2.45, 2.75) is 20.8 Å². The Labute approximate surface area is 149 Å². The average Bonchev–Trinajstić information content (AvgIpc) is 2.55. The maximum absolute atomic E-state index is 12.1. The van der Waals surface area contributed by atoms with Gasteiger partial charge in [0.2, 0.25) is 5.89 Å². The van der Waals surface area contributed by atoms with Crippen LogP contribution in [0.3, 0.4) is 0 Å². The van der Waals surface area contributed by atoms with E-state index in [1.807, 2.05) is 18.2 Å². The summed E-state index contributed by atoms with van der Waals surface area (Å²) in [7, 11) is 0. The van der Waals surface area contributed by atoms with Gasteiger partial charge in [-0.25, -0.2) is 4.98 Å². The Morgan fingerprint density at radius 3 is 2.56 bits per heavy atom. The summed E-state index contributed by atoms with van der Waals surface area (Å²) >= 11 is 5.34. The minimum atomic E-state index is -0.452. The lowest BCUT2D eigenvalue weighted by Crippen LogP contribution is -2.06. The van der Waals surface area contributed by atoms with Gasteiger partial charge in [0.15, 0.2) is 5.78 Å². The average molecular weight is 353 g/mol. The van der Waals surface area contributed by atoms with E-state index in [0.29, 0.717) is 32.7 Å². The predicted octanol–water partition coefficient (Wildman–Crippen LogP) is 4.66. The number of carbonyl (C=O) groups excluding carboxylic acids is 2. The van der Waals surface area contributed by atoms with E-state index < -0.39 is 5.97 Å². The quantitative estimate of drug-likeness (QED) is 0.295. The van der Waals surface area contributed by atoms with Crippen LogP contribution in [-0.2, 0) is 4.79 Å². The van der Waals surface area contributed by atoms with Gasteiger partial charge in [-0.05, 0) is 43.7 Å². The molecule has 0 spiro atoms. The van der Waals surface area contributed by atoms with Gasteiger partial charge < -0.3 is 9.15 Å². The largest absolute Gasteiger partial charge is 0.438 e. The molecule has 0 N–H and O–H groups in total. The lowest BCUT2D eigenvalue weighted by molar-refractivity contribution is -0.131. The number of benzene rings is 2. The first-order valence-corrected chi connectivity index (χ1v) is 8.02. The number of ether oxygens (including phenoxy) is 1. The van der Waals surface area contributed by atoms with Gasteiger partial charge in [-0.1, -0.05) is 24.4 Å². The van der Waals surface area contributed by atoms with E-state index in [0.717, 1.165) is 5.39 Å². The van der Waals surface area contributed by atoms with E-state index >= 15 is 0 Å². The number of Topliss-reactive ketones (excluding diaryl/α,β-unsaturated/α-hetero) is 1. The van der Waals surface area contributed by atoms with Gasteiger partial charge in [0.25, 0.3) is 0 Å². The Kier molecular flexibility index (Phi) is 4.46. The first kappa shape index (κ1) is 17.0. The van der Waals surface area contributed by atoms with Crippen molar-refractivity contribution in [3.05, 3.63) is 52.2 Å². The van der Waals surface area contributed by atoms with Crippen molar-refractivity contribution in [3.8, 4) is 17.2 Å². The second-order valence-corrected chi connectivity index (χ2v) is 6.02. The van der Waals surface area contributed by atoms with Gasteiger partial charge >= 0.3 is 5.97 Å².